The van der Waals surface area contributed by atoms with E-state index in [0.717, 1.165) is 32.1 Å². The summed E-state index contributed by atoms with van der Waals surface area (Å²) in [5, 5.41) is 2.96. The number of ether oxygens (including phenoxy) is 1. The van der Waals surface area contributed by atoms with Gasteiger partial charge < -0.3 is 15.8 Å². The predicted molar refractivity (Wildman–Crippen MR) is 113 cm³/mol. The Morgan fingerprint density at radius 2 is 1.30 bits per heavy atom. The molecule has 27 heavy (non-hydrogen) atoms. The summed E-state index contributed by atoms with van der Waals surface area (Å²) in [6.45, 7) is 2.68. The lowest BCUT2D eigenvalue weighted by Gasteiger charge is -2.11. The third-order valence-electron chi connectivity index (χ3n) is 5.08. The molecule has 0 aliphatic rings. The predicted octanol–water partition coefficient (Wildman–Crippen LogP) is 4.86. The van der Waals surface area contributed by atoms with Crippen molar-refractivity contribution in [1.82, 2.24) is 5.32 Å². The highest BCUT2D eigenvalue weighted by Crippen LogP contribution is 2.13. The number of likely N-dealkylation sites (N-methyl/N-ethyl adjacent to an activating group) is 1. The van der Waals surface area contributed by atoms with Crippen molar-refractivity contribution >= 4 is 11.9 Å². The number of primary amides is 1. The van der Waals surface area contributed by atoms with E-state index in [1.54, 1.807) is 7.05 Å². The molecule has 160 valence electrons. The smallest absolute Gasteiger partial charge is 0.305 e. The van der Waals surface area contributed by atoms with Crippen molar-refractivity contribution in [2.24, 2.45) is 5.73 Å². The zero-order chi connectivity index (χ0) is 20.2. The molecule has 0 bridgehead atoms. The summed E-state index contributed by atoms with van der Waals surface area (Å²) in [7, 11) is 1.79. The number of hydrogen-bond donors (Lipinski definition) is 2. The van der Waals surface area contributed by atoms with Gasteiger partial charge in [0.1, 0.15) is 0 Å². The van der Waals surface area contributed by atoms with E-state index in [9.17, 15) is 9.59 Å². The van der Waals surface area contributed by atoms with Gasteiger partial charge in [0.05, 0.1) is 12.6 Å². The van der Waals surface area contributed by atoms with Crippen LogP contribution >= 0.6 is 0 Å². The van der Waals surface area contributed by atoms with Gasteiger partial charge in [-0.1, -0.05) is 84.0 Å². The zero-order valence-electron chi connectivity index (χ0n) is 17.9. The summed E-state index contributed by atoms with van der Waals surface area (Å²) in [6.07, 6.45) is 18.2. The Bertz CT molecular complexity index is 361. The van der Waals surface area contributed by atoms with Crippen LogP contribution in [-0.4, -0.2) is 31.6 Å². The molecule has 0 aliphatic heterocycles. The Kier molecular flexibility index (Phi) is 18.9. The standard InChI is InChI=1S/C22H44N2O3/c1-3-4-18-21(25)27-19-16-14-12-10-8-6-5-7-9-11-13-15-17-20(24-2)22(23)26/h20,24H,3-19H2,1-2H3,(H2,23,26). The highest BCUT2D eigenvalue weighted by molar-refractivity contribution is 5.79. The van der Waals surface area contributed by atoms with Crippen molar-refractivity contribution < 1.29 is 14.3 Å². The van der Waals surface area contributed by atoms with E-state index in [1.165, 1.54) is 64.2 Å². The number of hydrogen-bond acceptors (Lipinski definition) is 4. The van der Waals surface area contributed by atoms with Crippen LogP contribution in [0.2, 0.25) is 0 Å². The molecule has 0 radical (unpaired) electrons. The number of amides is 1. The van der Waals surface area contributed by atoms with Crippen LogP contribution in [0.4, 0.5) is 0 Å². The SMILES string of the molecule is CCCCC(=O)OCCCCCCCCCCCCCCC(NC)C(N)=O. The second-order valence-electron chi connectivity index (χ2n) is 7.60. The first kappa shape index (κ1) is 25.9. The molecule has 0 aromatic rings. The Morgan fingerprint density at radius 3 is 1.74 bits per heavy atom. The van der Waals surface area contributed by atoms with Crippen molar-refractivity contribution in [3.63, 3.8) is 0 Å². The lowest BCUT2D eigenvalue weighted by molar-refractivity contribution is -0.143. The van der Waals surface area contributed by atoms with Gasteiger partial charge in [0.2, 0.25) is 5.91 Å². The van der Waals surface area contributed by atoms with Gasteiger partial charge in [-0.2, -0.15) is 0 Å². The fourth-order valence-electron chi connectivity index (χ4n) is 3.23. The Morgan fingerprint density at radius 1 is 0.815 bits per heavy atom. The summed E-state index contributed by atoms with van der Waals surface area (Å²) in [6, 6.07) is -0.168. The first-order valence-corrected chi connectivity index (χ1v) is 11.2. The van der Waals surface area contributed by atoms with Crippen molar-refractivity contribution in [3.8, 4) is 0 Å². The van der Waals surface area contributed by atoms with Crippen LogP contribution in [0, 0.1) is 0 Å². The van der Waals surface area contributed by atoms with E-state index in [1.807, 2.05) is 0 Å². The lowest BCUT2D eigenvalue weighted by Crippen LogP contribution is -2.38. The molecule has 1 atom stereocenters. The second kappa shape index (κ2) is 19.7. The van der Waals surface area contributed by atoms with Gasteiger partial charge >= 0.3 is 5.97 Å². The summed E-state index contributed by atoms with van der Waals surface area (Å²) < 4.78 is 5.21. The number of nitrogens with two attached hydrogens (primary N) is 1. The average molecular weight is 385 g/mol. The maximum Gasteiger partial charge on any atom is 0.305 e. The van der Waals surface area contributed by atoms with Gasteiger partial charge in [0, 0.05) is 6.42 Å². The Labute approximate surface area is 167 Å². The van der Waals surface area contributed by atoms with E-state index in [-0.39, 0.29) is 17.9 Å². The van der Waals surface area contributed by atoms with E-state index in [4.69, 9.17) is 10.5 Å². The van der Waals surface area contributed by atoms with Gasteiger partial charge in [-0.15, -0.1) is 0 Å². The van der Waals surface area contributed by atoms with Crippen molar-refractivity contribution in [2.75, 3.05) is 13.7 Å². The molecule has 0 rings (SSSR count). The van der Waals surface area contributed by atoms with Crippen molar-refractivity contribution in [1.29, 1.82) is 0 Å². The Hall–Kier alpha value is -1.10. The fraction of sp³-hybridized carbons (Fsp3) is 0.909. The van der Waals surface area contributed by atoms with Crippen molar-refractivity contribution in [3.05, 3.63) is 0 Å². The highest BCUT2D eigenvalue weighted by atomic mass is 16.5. The molecule has 0 fully saturated rings. The van der Waals surface area contributed by atoms with Crippen LogP contribution in [0.3, 0.4) is 0 Å². The number of nitrogens with one attached hydrogen (secondary N) is 1. The fourth-order valence-corrected chi connectivity index (χ4v) is 3.23. The van der Waals surface area contributed by atoms with Crippen LogP contribution in [-0.2, 0) is 14.3 Å². The maximum absolute atomic E-state index is 11.3. The summed E-state index contributed by atoms with van der Waals surface area (Å²) in [4.78, 5) is 22.4. The number of rotatable bonds is 20. The topological polar surface area (TPSA) is 81.4 Å². The molecule has 0 heterocycles. The molecule has 1 unspecified atom stereocenters. The second-order valence-corrected chi connectivity index (χ2v) is 7.60. The van der Waals surface area contributed by atoms with E-state index >= 15 is 0 Å². The number of unbranched alkanes of at least 4 members (excludes halogenated alkanes) is 12. The molecule has 0 aromatic carbocycles. The molecule has 0 saturated heterocycles. The molecule has 3 N–H and O–H groups in total. The minimum atomic E-state index is -0.245. The number of carbonyl (C=O) groups excluding carboxylic acids is 2. The first-order chi connectivity index (χ1) is 13.1. The number of esters is 1. The van der Waals surface area contributed by atoms with Crippen LogP contribution in [0.15, 0.2) is 0 Å². The molecule has 0 saturated carbocycles. The van der Waals surface area contributed by atoms with Crippen LogP contribution < -0.4 is 11.1 Å². The molecule has 0 spiro atoms. The Balaban J connectivity index is 3.19. The van der Waals surface area contributed by atoms with Crippen molar-refractivity contribution in [2.45, 2.75) is 116 Å². The third-order valence-corrected chi connectivity index (χ3v) is 5.08. The molecule has 0 aromatic heterocycles. The highest BCUT2D eigenvalue weighted by Gasteiger charge is 2.10. The van der Waals surface area contributed by atoms with Gasteiger partial charge in [-0.05, 0) is 26.3 Å². The largest absolute Gasteiger partial charge is 0.466 e. The maximum atomic E-state index is 11.3. The van der Waals surface area contributed by atoms with Crippen LogP contribution in [0.5, 0.6) is 0 Å². The summed E-state index contributed by atoms with van der Waals surface area (Å²) in [5.41, 5.74) is 5.31. The minimum absolute atomic E-state index is 0.0356. The molecule has 0 aliphatic carbocycles. The molecule has 5 heteroatoms. The van der Waals surface area contributed by atoms with E-state index in [0.29, 0.717) is 13.0 Å². The average Bonchev–Trinajstić information content (AvgIpc) is 2.65. The number of carbonyl (C=O) groups is 2. The first-order valence-electron chi connectivity index (χ1n) is 11.2. The molecule has 1 amide bonds. The quantitative estimate of drug-likeness (QED) is 0.232. The lowest BCUT2D eigenvalue weighted by atomic mass is 10.0. The van der Waals surface area contributed by atoms with E-state index in [2.05, 4.69) is 12.2 Å². The molecular formula is C22H44N2O3. The third kappa shape index (κ3) is 18.0. The minimum Gasteiger partial charge on any atom is -0.466 e. The molecule has 5 nitrogen and oxygen atoms in total. The van der Waals surface area contributed by atoms with E-state index < -0.39 is 0 Å². The summed E-state index contributed by atoms with van der Waals surface area (Å²) in [5.74, 6) is -0.281. The van der Waals surface area contributed by atoms with Crippen LogP contribution in [0.1, 0.15) is 110 Å². The molecular weight excluding hydrogens is 340 g/mol. The zero-order valence-corrected chi connectivity index (χ0v) is 17.9. The van der Waals surface area contributed by atoms with Crippen LogP contribution in [0.25, 0.3) is 0 Å². The van der Waals surface area contributed by atoms with Gasteiger partial charge in [-0.3, -0.25) is 9.59 Å². The summed E-state index contributed by atoms with van der Waals surface area (Å²) >= 11 is 0. The van der Waals surface area contributed by atoms with Gasteiger partial charge in [-0.25, -0.2) is 0 Å². The van der Waals surface area contributed by atoms with Gasteiger partial charge in [0.25, 0.3) is 0 Å². The normalized spacial score (nSPS) is 12.1. The monoisotopic (exact) mass is 384 g/mol. The van der Waals surface area contributed by atoms with Gasteiger partial charge in [0.15, 0.2) is 0 Å².